The van der Waals surface area contributed by atoms with Gasteiger partial charge in [0.25, 0.3) is 0 Å². The molecule has 0 bridgehead atoms. The SMILES string of the molecule is CC(CCN1CCC(Nc2ccccc2)CC1)c1ccccc1. The monoisotopic (exact) mass is 308 g/mol. The first kappa shape index (κ1) is 16.1. The molecule has 0 aromatic heterocycles. The number of rotatable bonds is 6. The minimum Gasteiger partial charge on any atom is -0.382 e. The summed E-state index contributed by atoms with van der Waals surface area (Å²) in [5, 5.41) is 3.67. The predicted molar refractivity (Wildman–Crippen MR) is 99.0 cm³/mol. The molecular formula is C21H28N2. The minimum atomic E-state index is 0.625. The van der Waals surface area contributed by atoms with Crippen LogP contribution < -0.4 is 5.32 Å². The maximum Gasteiger partial charge on any atom is 0.0342 e. The van der Waals surface area contributed by atoms with Crippen molar-refractivity contribution in [2.24, 2.45) is 0 Å². The summed E-state index contributed by atoms with van der Waals surface area (Å²) in [5.74, 6) is 0.649. The summed E-state index contributed by atoms with van der Waals surface area (Å²) in [6.07, 6.45) is 3.74. The highest BCUT2D eigenvalue weighted by Crippen LogP contribution is 2.21. The second-order valence-electron chi connectivity index (χ2n) is 6.73. The van der Waals surface area contributed by atoms with Crippen molar-refractivity contribution in [1.82, 2.24) is 4.90 Å². The third kappa shape index (κ3) is 4.84. The summed E-state index contributed by atoms with van der Waals surface area (Å²) >= 11 is 0. The van der Waals surface area contributed by atoms with Crippen LogP contribution in [0.3, 0.4) is 0 Å². The van der Waals surface area contributed by atoms with Gasteiger partial charge in [0.2, 0.25) is 0 Å². The van der Waals surface area contributed by atoms with Crippen LogP contribution in [0.1, 0.15) is 37.7 Å². The Bertz CT molecular complexity index is 559. The molecule has 0 aliphatic carbocycles. The first-order chi connectivity index (χ1) is 11.3. The fourth-order valence-electron chi connectivity index (χ4n) is 3.40. The molecule has 3 rings (SSSR count). The molecule has 2 aromatic carbocycles. The van der Waals surface area contributed by atoms with Gasteiger partial charge in [0.15, 0.2) is 0 Å². The zero-order chi connectivity index (χ0) is 15.9. The number of hydrogen-bond acceptors (Lipinski definition) is 2. The Labute approximate surface area is 140 Å². The Morgan fingerprint density at radius 2 is 1.57 bits per heavy atom. The molecule has 0 spiro atoms. The summed E-state index contributed by atoms with van der Waals surface area (Å²) < 4.78 is 0. The molecule has 1 aliphatic rings. The van der Waals surface area contributed by atoms with Crippen LogP contribution >= 0.6 is 0 Å². The molecule has 1 atom stereocenters. The lowest BCUT2D eigenvalue weighted by Gasteiger charge is -2.33. The van der Waals surface area contributed by atoms with Gasteiger partial charge in [-0.1, -0.05) is 55.5 Å². The minimum absolute atomic E-state index is 0.625. The molecule has 0 saturated carbocycles. The highest BCUT2D eigenvalue weighted by Gasteiger charge is 2.19. The molecule has 1 aliphatic heterocycles. The van der Waals surface area contributed by atoms with Gasteiger partial charge in [-0.3, -0.25) is 0 Å². The highest BCUT2D eigenvalue weighted by molar-refractivity contribution is 5.43. The van der Waals surface area contributed by atoms with E-state index in [9.17, 15) is 0 Å². The van der Waals surface area contributed by atoms with E-state index in [0.717, 1.165) is 0 Å². The maximum atomic E-state index is 3.67. The van der Waals surface area contributed by atoms with Crippen molar-refractivity contribution in [1.29, 1.82) is 0 Å². The van der Waals surface area contributed by atoms with Gasteiger partial charge in [-0.15, -0.1) is 0 Å². The highest BCUT2D eigenvalue weighted by atomic mass is 15.1. The number of benzene rings is 2. The Hall–Kier alpha value is -1.80. The van der Waals surface area contributed by atoms with Crippen LogP contribution in [0.5, 0.6) is 0 Å². The Morgan fingerprint density at radius 1 is 0.957 bits per heavy atom. The van der Waals surface area contributed by atoms with Gasteiger partial charge in [0.1, 0.15) is 0 Å². The lowest BCUT2D eigenvalue weighted by molar-refractivity contribution is 0.213. The van der Waals surface area contributed by atoms with Crippen molar-refractivity contribution < 1.29 is 0 Å². The number of likely N-dealkylation sites (tertiary alicyclic amines) is 1. The molecular weight excluding hydrogens is 280 g/mol. The van der Waals surface area contributed by atoms with Gasteiger partial charge in [-0.2, -0.15) is 0 Å². The molecule has 2 nitrogen and oxygen atoms in total. The number of anilines is 1. The standard InChI is InChI=1S/C21H28N2/c1-18(19-8-4-2-5-9-19)12-15-23-16-13-21(14-17-23)22-20-10-6-3-7-11-20/h2-11,18,21-22H,12-17H2,1H3. The number of para-hydroxylation sites is 1. The second kappa shape index (κ2) is 8.16. The average molecular weight is 308 g/mol. The van der Waals surface area contributed by atoms with Crippen molar-refractivity contribution in [3.8, 4) is 0 Å². The number of nitrogens with one attached hydrogen (secondary N) is 1. The van der Waals surface area contributed by atoms with Crippen molar-refractivity contribution >= 4 is 5.69 Å². The van der Waals surface area contributed by atoms with Crippen molar-refractivity contribution in [2.75, 3.05) is 25.0 Å². The van der Waals surface area contributed by atoms with E-state index in [1.165, 1.54) is 50.1 Å². The van der Waals surface area contributed by atoms with E-state index in [1.54, 1.807) is 0 Å². The number of hydrogen-bond donors (Lipinski definition) is 1. The van der Waals surface area contributed by atoms with E-state index in [0.29, 0.717) is 12.0 Å². The summed E-state index contributed by atoms with van der Waals surface area (Å²) in [6.45, 7) is 5.99. The fraction of sp³-hybridized carbons (Fsp3) is 0.429. The number of nitrogens with zero attached hydrogens (tertiary/aromatic N) is 1. The van der Waals surface area contributed by atoms with Gasteiger partial charge in [-0.05, 0) is 49.4 Å². The molecule has 2 heteroatoms. The van der Waals surface area contributed by atoms with Gasteiger partial charge in [0.05, 0.1) is 0 Å². The van der Waals surface area contributed by atoms with Crippen LogP contribution in [0.25, 0.3) is 0 Å². The number of piperidine rings is 1. The van der Waals surface area contributed by atoms with Crippen LogP contribution in [-0.2, 0) is 0 Å². The Balaban J connectivity index is 1.39. The van der Waals surface area contributed by atoms with Crippen LogP contribution in [0.2, 0.25) is 0 Å². The van der Waals surface area contributed by atoms with E-state index in [1.807, 2.05) is 0 Å². The smallest absolute Gasteiger partial charge is 0.0342 e. The van der Waals surface area contributed by atoms with E-state index < -0.39 is 0 Å². The summed E-state index contributed by atoms with van der Waals surface area (Å²) in [5.41, 5.74) is 2.72. The fourth-order valence-corrected chi connectivity index (χ4v) is 3.40. The van der Waals surface area contributed by atoms with Gasteiger partial charge < -0.3 is 10.2 Å². The van der Waals surface area contributed by atoms with E-state index >= 15 is 0 Å². The summed E-state index contributed by atoms with van der Waals surface area (Å²) in [6, 6.07) is 22.1. The van der Waals surface area contributed by atoms with Crippen LogP contribution in [0.15, 0.2) is 60.7 Å². The summed E-state index contributed by atoms with van der Waals surface area (Å²) in [4.78, 5) is 2.63. The molecule has 2 aromatic rings. The van der Waals surface area contributed by atoms with E-state index in [-0.39, 0.29) is 0 Å². The third-order valence-corrected chi connectivity index (χ3v) is 4.98. The normalized spacial score (nSPS) is 17.8. The Morgan fingerprint density at radius 3 is 2.22 bits per heavy atom. The molecule has 23 heavy (non-hydrogen) atoms. The van der Waals surface area contributed by atoms with Crippen LogP contribution in [0, 0.1) is 0 Å². The summed E-state index contributed by atoms with van der Waals surface area (Å²) in [7, 11) is 0. The molecule has 1 unspecified atom stereocenters. The molecule has 1 fully saturated rings. The average Bonchev–Trinajstić information content (AvgIpc) is 2.62. The van der Waals surface area contributed by atoms with Crippen LogP contribution in [0.4, 0.5) is 5.69 Å². The third-order valence-electron chi connectivity index (χ3n) is 4.98. The molecule has 122 valence electrons. The largest absolute Gasteiger partial charge is 0.382 e. The second-order valence-corrected chi connectivity index (χ2v) is 6.73. The molecule has 1 N–H and O–H groups in total. The molecule has 1 saturated heterocycles. The van der Waals surface area contributed by atoms with Gasteiger partial charge in [-0.25, -0.2) is 0 Å². The lowest BCUT2D eigenvalue weighted by Crippen LogP contribution is -2.39. The van der Waals surface area contributed by atoms with Gasteiger partial charge in [0, 0.05) is 24.8 Å². The predicted octanol–water partition coefficient (Wildman–Crippen LogP) is 4.76. The maximum absolute atomic E-state index is 3.67. The quantitative estimate of drug-likeness (QED) is 0.828. The van der Waals surface area contributed by atoms with E-state index in [4.69, 9.17) is 0 Å². The van der Waals surface area contributed by atoms with Gasteiger partial charge >= 0.3 is 0 Å². The molecule has 0 radical (unpaired) electrons. The zero-order valence-corrected chi connectivity index (χ0v) is 14.1. The van der Waals surface area contributed by atoms with Crippen molar-refractivity contribution in [3.05, 3.63) is 66.2 Å². The molecule has 1 heterocycles. The Kier molecular flexibility index (Phi) is 5.71. The van der Waals surface area contributed by atoms with Crippen molar-refractivity contribution in [3.63, 3.8) is 0 Å². The topological polar surface area (TPSA) is 15.3 Å². The molecule has 0 amide bonds. The van der Waals surface area contributed by atoms with Crippen molar-refractivity contribution in [2.45, 2.75) is 38.1 Å². The first-order valence-electron chi connectivity index (χ1n) is 8.90. The van der Waals surface area contributed by atoms with Crippen LogP contribution in [-0.4, -0.2) is 30.6 Å². The lowest BCUT2D eigenvalue weighted by atomic mass is 9.97. The van der Waals surface area contributed by atoms with E-state index in [2.05, 4.69) is 77.8 Å². The zero-order valence-electron chi connectivity index (χ0n) is 14.1. The first-order valence-corrected chi connectivity index (χ1v) is 8.90.